The number of halogens is 5. The monoisotopic (exact) mass is 252 g/mol. The first-order valence-electron chi connectivity index (χ1n) is 3.29. The molecule has 0 saturated carbocycles. The van der Waals surface area contributed by atoms with Crippen LogP contribution in [0.3, 0.4) is 0 Å². The largest absolute Gasteiger partial charge is 0.491 e. The van der Waals surface area contributed by atoms with E-state index in [1.54, 1.807) is 0 Å². The Hall–Kier alpha value is -1.74. The van der Waals surface area contributed by atoms with Crippen LogP contribution in [-0.4, -0.2) is 35.6 Å². The van der Waals surface area contributed by atoms with Gasteiger partial charge in [0.2, 0.25) is 0 Å². The fraction of sp³-hybridized carbons (Fsp3) is 0.500. The first-order chi connectivity index (χ1) is 6.98. The summed E-state index contributed by atoms with van der Waals surface area (Å²) in [7, 11) is 0. The van der Waals surface area contributed by atoms with E-state index < -0.39 is 30.5 Å². The second-order valence-electron chi connectivity index (χ2n) is 2.02. The molecule has 0 rings (SSSR count). The second kappa shape index (κ2) is 6.69. The lowest BCUT2D eigenvalue weighted by atomic mass is 10.6. The van der Waals surface area contributed by atoms with E-state index in [1.165, 1.54) is 0 Å². The van der Waals surface area contributed by atoms with E-state index in [-0.39, 0.29) is 0 Å². The van der Waals surface area contributed by atoms with Gasteiger partial charge in [0.05, 0.1) is 0 Å². The maximum atomic E-state index is 11.2. The number of alkyl halides is 5. The quantitative estimate of drug-likeness (QED) is 0.427. The fourth-order valence-corrected chi connectivity index (χ4v) is 0.188. The minimum absolute atomic E-state index is 0.712. The number of carboxylic acid groups (broad SMARTS) is 1. The first-order valence-corrected chi connectivity index (χ1v) is 3.29. The van der Waals surface area contributed by atoms with Gasteiger partial charge >= 0.3 is 30.5 Å². The average molecular weight is 252 g/mol. The summed E-state index contributed by atoms with van der Waals surface area (Å²) in [4.78, 5) is 28.4. The van der Waals surface area contributed by atoms with E-state index in [0.29, 0.717) is 6.92 Å². The Balaban J connectivity index is 0. The van der Waals surface area contributed by atoms with Gasteiger partial charge in [-0.2, -0.15) is 22.0 Å². The lowest BCUT2D eigenvalue weighted by Gasteiger charge is -2.01. The lowest BCUT2D eigenvalue weighted by Crippen LogP contribution is -2.26. The van der Waals surface area contributed by atoms with Gasteiger partial charge in [-0.25, -0.2) is 9.59 Å². The maximum Gasteiger partial charge on any atom is 0.491 e. The van der Waals surface area contributed by atoms with Gasteiger partial charge in [0.15, 0.2) is 0 Å². The van der Waals surface area contributed by atoms with E-state index in [0.717, 1.165) is 0 Å². The Kier molecular flexibility index (Phi) is 6.98. The van der Waals surface area contributed by atoms with Gasteiger partial charge in [0.25, 0.3) is 0 Å². The number of hydrogen-bond acceptors (Lipinski definition) is 4. The third kappa shape index (κ3) is 10.3. The third-order valence-corrected chi connectivity index (χ3v) is 0.655. The van der Waals surface area contributed by atoms with Crippen molar-refractivity contribution in [2.45, 2.75) is 19.5 Å². The van der Waals surface area contributed by atoms with Gasteiger partial charge in [0, 0.05) is 6.92 Å². The zero-order valence-electron chi connectivity index (χ0n) is 7.55. The zero-order valence-corrected chi connectivity index (χ0v) is 7.55. The number of ether oxygens (including phenoxy) is 1. The molecule has 0 aromatic heterocycles. The second-order valence-corrected chi connectivity index (χ2v) is 2.02. The Bertz CT molecular complexity index is 271. The van der Waals surface area contributed by atoms with E-state index in [1.807, 2.05) is 0 Å². The molecule has 0 aromatic carbocycles. The lowest BCUT2D eigenvalue weighted by molar-refractivity contribution is -0.201. The summed E-state index contributed by atoms with van der Waals surface area (Å²) >= 11 is 0. The summed E-state index contributed by atoms with van der Waals surface area (Å²) in [6.07, 6.45) is -8.32. The molecule has 0 bridgehead atoms. The SMILES string of the molecule is CC(=O)OC(=O)C(F)(F)F.O=C(O)C(F)F. The molecule has 0 aliphatic carbocycles. The maximum absolute atomic E-state index is 11.2. The normalized spacial score (nSPS) is 10.2. The molecular weight excluding hydrogens is 247 g/mol. The first kappa shape index (κ1) is 16.7. The Morgan fingerprint density at radius 1 is 1.19 bits per heavy atom. The minimum atomic E-state index is -5.09. The van der Waals surface area contributed by atoms with Gasteiger partial charge in [-0.05, 0) is 0 Å². The number of carbonyl (C=O) groups is 3. The van der Waals surface area contributed by atoms with E-state index in [2.05, 4.69) is 4.74 Å². The van der Waals surface area contributed by atoms with Crippen LogP contribution in [0.15, 0.2) is 0 Å². The number of hydrogen-bond donors (Lipinski definition) is 1. The molecule has 0 spiro atoms. The van der Waals surface area contributed by atoms with Crippen LogP contribution >= 0.6 is 0 Å². The molecule has 1 N–H and O–H groups in total. The van der Waals surface area contributed by atoms with Gasteiger partial charge in [-0.15, -0.1) is 0 Å². The highest BCUT2D eigenvalue weighted by Gasteiger charge is 2.41. The molecule has 16 heavy (non-hydrogen) atoms. The topological polar surface area (TPSA) is 80.7 Å². The summed E-state index contributed by atoms with van der Waals surface area (Å²) in [5.41, 5.74) is 0. The van der Waals surface area contributed by atoms with Crippen LogP contribution in [0.5, 0.6) is 0 Å². The predicted molar refractivity (Wildman–Crippen MR) is 36.5 cm³/mol. The molecule has 0 aromatic rings. The summed E-state index contributed by atoms with van der Waals surface area (Å²) in [6, 6.07) is 0. The minimum Gasteiger partial charge on any atom is -0.477 e. The summed E-state index contributed by atoms with van der Waals surface area (Å²) < 4.78 is 57.9. The zero-order chi connectivity index (χ0) is 13.5. The van der Waals surface area contributed by atoms with Crippen molar-refractivity contribution in [2.75, 3.05) is 0 Å². The molecule has 0 amide bonds. The van der Waals surface area contributed by atoms with Crippen molar-refractivity contribution in [2.24, 2.45) is 0 Å². The number of aliphatic carboxylic acids is 1. The summed E-state index contributed by atoms with van der Waals surface area (Å²) in [5, 5.41) is 7.24. The van der Waals surface area contributed by atoms with Gasteiger partial charge in [-0.3, -0.25) is 4.79 Å². The summed E-state index contributed by atoms with van der Waals surface area (Å²) in [5.74, 6) is -5.84. The van der Waals surface area contributed by atoms with Crippen LogP contribution in [-0.2, 0) is 19.1 Å². The van der Waals surface area contributed by atoms with Crippen LogP contribution in [0, 0.1) is 0 Å². The molecule has 0 unspecified atom stereocenters. The van der Waals surface area contributed by atoms with E-state index in [9.17, 15) is 31.5 Å². The molecule has 0 radical (unpaired) electrons. The van der Waals surface area contributed by atoms with Crippen LogP contribution in [0.2, 0.25) is 0 Å². The molecule has 10 heteroatoms. The fourth-order valence-electron chi connectivity index (χ4n) is 0.188. The Labute approximate surface area is 84.8 Å². The van der Waals surface area contributed by atoms with Crippen LogP contribution in [0.25, 0.3) is 0 Å². The molecule has 0 saturated heterocycles. The smallest absolute Gasteiger partial charge is 0.477 e. The standard InChI is InChI=1S/C4H3F3O3.C2H2F2O2/c1-2(8)10-3(9)4(5,6)7;3-1(4)2(5)6/h1H3;1H,(H,5,6). The molecule has 0 fully saturated rings. The molecule has 0 aliphatic heterocycles. The van der Waals surface area contributed by atoms with Crippen LogP contribution in [0.1, 0.15) is 6.92 Å². The van der Waals surface area contributed by atoms with Crippen molar-refractivity contribution in [3.8, 4) is 0 Å². The number of rotatable bonds is 1. The van der Waals surface area contributed by atoms with Crippen molar-refractivity contribution in [3.63, 3.8) is 0 Å². The third-order valence-electron chi connectivity index (χ3n) is 0.655. The van der Waals surface area contributed by atoms with Crippen molar-refractivity contribution in [1.82, 2.24) is 0 Å². The van der Waals surface area contributed by atoms with Gasteiger partial charge in [0.1, 0.15) is 0 Å². The molecule has 0 heterocycles. The number of esters is 2. The highest BCUT2D eigenvalue weighted by atomic mass is 19.4. The highest BCUT2D eigenvalue weighted by molar-refractivity contribution is 5.87. The van der Waals surface area contributed by atoms with Gasteiger partial charge in [-0.1, -0.05) is 0 Å². The Morgan fingerprint density at radius 3 is 1.56 bits per heavy atom. The van der Waals surface area contributed by atoms with Crippen LogP contribution in [0.4, 0.5) is 22.0 Å². The number of carbonyl (C=O) groups excluding carboxylic acids is 2. The van der Waals surface area contributed by atoms with Gasteiger partial charge < -0.3 is 9.84 Å². The van der Waals surface area contributed by atoms with Crippen molar-refractivity contribution >= 4 is 17.9 Å². The Morgan fingerprint density at radius 2 is 1.50 bits per heavy atom. The highest BCUT2D eigenvalue weighted by Crippen LogP contribution is 2.16. The van der Waals surface area contributed by atoms with Crippen LogP contribution < -0.4 is 0 Å². The molecule has 94 valence electrons. The molecule has 5 nitrogen and oxygen atoms in total. The molecule has 0 atom stereocenters. The molecular formula is C6H5F5O5. The molecule has 0 aliphatic rings. The van der Waals surface area contributed by atoms with E-state index in [4.69, 9.17) is 9.90 Å². The van der Waals surface area contributed by atoms with Crippen molar-refractivity contribution in [1.29, 1.82) is 0 Å². The van der Waals surface area contributed by atoms with Crippen molar-refractivity contribution < 1.29 is 46.2 Å². The van der Waals surface area contributed by atoms with E-state index >= 15 is 0 Å². The average Bonchev–Trinajstić information content (AvgIpc) is 2.01. The predicted octanol–water partition coefficient (Wildman–Crippen LogP) is 0.974. The number of carboxylic acids is 1. The van der Waals surface area contributed by atoms with Crippen molar-refractivity contribution in [3.05, 3.63) is 0 Å². The summed E-state index contributed by atoms with van der Waals surface area (Å²) in [6.45, 7) is 0.712.